The third kappa shape index (κ3) is 7.43. The average molecular weight is 492 g/mol. The molecular weight excluding hydrogens is 467 g/mol. The Morgan fingerprint density at radius 3 is 2.43 bits per heavy atom. The van der Waals surface area contributed by atoms with E-state index in [0.29, 0.717) is 47.8 Å². The van der Waals surface area contributed by atoms with Crippen LogP contribution in [0.1, 0.15) is 18.1 Å². The van der Waals surface area contributed by atoms with E-state index >= 15 is 0 Å². The molecule has 0 bridgehead atoms. The van der Waals surface area contributed by atoms with Gasteiger partial charge in [0, 0.05) is 30.7 Å². The molecule has 0 saturated heterocycles. The highest BCUT2D eigenvalue weighted by Crippen LogP contribution is 2.34. The monoisotopic (exact) mass is 490 g/mol. The number of aliphatic hydroxyl groups is 1. The minimum Gasteiger partial charge on any atom is -0.490 e. The standard InChI is InChI=1S/C20H25BrCl2N2O3/c1-2-27-19-10-15(12-25-6-5-24-7-8-26)16(21)11-20(19)28-13-14-3-4-17(22)18(23)9-14/h3-4,9-11,24-26H,2,5-8,12-13H2,1H3. The first kappa shape index (κ1) is 23.3. The maximum absolute atomic E-state index is 8.76. The highest BCUT2D eigenvalue weighted by Gasteiger charge is 2.12. The number of nitrogens with one attached hydrogen (secondary N) is 2. The molecule has 0 aromatic heterocycles. The molecule has 0 unspecified atom stereocenters. The summed E-state index contributed by atoms with van der Waals surface area (Å²) < 4.78 is 12.7. The Morgan fingerprint density at radius 2 is 1.71 bits per heavy atom. The second-order valence-electron chi connectivity index (χ2n) is 6.01. The Labute approximate surface area is 184 Å². The van der Waals surface area contributed by atoms with Gasteiger partial charge < -0.3 is 25.2 Å². The molecule has 0 aliphatic carbocycles. The van der Waals surface area contributed by atoms with Crippen LogP contribution < -0.4 is 20.1 Å². The number of hydrogen-bond donors (Lipinski definition) is 3. The Hall–Kier alpha value is -1.02. The van der Waals surface area contributed by atoms with Crippen LogP contribution in [0.3, 0.4) is 0 Å². The third-order valence-corrected chi connectivity index (χ3v) is 5.35. The zero-order valence-corrected chi connectivity index (χ0v) is 18.8. The Bertz CT molecular complexity index is 762. The van der Waals surface area contributed by atoms with Crippen LogP contribution in [0.5, 0.6) is 11.5 Å². The van der Waals surface area contributed by atoms with Crippen LogP contribution in [0.2, 0.25) is 10.0 Å². The van der Waals surface area contributed by atoms with Crippen molar-refractivity contribution in [2.75, 3.05) is 32.8 Å². The van der Waals surface area contributed by atoms with E-state index < -0.39 is 0 Å². The zero-order chi connectivity index (χ0) is 20.4. The number of aliphatic hydroxyl groups excluding tert-OH is 1. The van der Waals surface area contributed by atoms with Gasteiger partial charge in [0.25, 0.3) is 0 Å². The van der Waals surface area contributed by atoms with Crippen molar-refractivity contribution >= 4 is 39.1 Å². The van der Waals surface area contributed by atoms with Crippen molar-refractivity contribution in [3.63, 3.8) is 0 Å². The van der Waals surface area contributed by atoms with E-state index in [1.54, 1.807) is 12.1 Å². The average Bonchev–Trinajstić information content (AvgIpc) is 2.68. The lowest BCUT2D eigenvalue weighted by Crippen LogP contribution is -2.28. The van der Waals surface area contributed by atoms with Crippen LogP contribution >= 0.6 is 39.1 Å². The molecule has 0 fully saturated rings. The maximum atomic E-state index is 8.76. The summed E-state index contributed by atoms with van der Waals surface area (Å²) in [4.78, 5) is 0. The molecule has 5 nitrogen and oxygen atoms in total. The lowest BCUT2D eigenvalue weighted by molar-refractivity contribution is 0.269. The maximum Gasteiger partial charge on any atom is 0.162 e. The molecule has 0 spiro atoms. The molecule has 154 valence electrons. The predicted octanol–water partition coefficient (Wildman–Crippen LogP) is 4.41. The van der Waals surface area contributed by atoms with Gasteiger partial charge in [0.1, 0.15) is 6.61 Å². The fraction of sp³-hybridized carbons (Fsp3) is 0.400. The molecule has 0 aliphatic heterocycles. The van der Waals surface area contributed by atoms with Crippen LogP contribution in [-0.2, 0) is 13.2 Å². The molecule has 28 heavy (non-hydrogen) atoms. The van der Waals surface area contributed by atoms with Gasteiger partial charge in [-0.2, -0.15) is 0 Å². The van der Waals surface area contributed by atoms with E-state index in [4.69, 9.17) is 37.8 Å². The first-order valence-electron chi connectivity index (χ1n) is 9.09. The molecule has 0 aliphatic rings. The lowest BCUT2D eigenvalue weighted by Gasteiger charge is -2.16. The number of hydrogen-bond acceptors (Lipinski definition) is 5. The summed E-state index contributed by atoms with van der Waals surface area (Å²) in [6.07, 6.45) is 0. The second-order valence-corrected chi connectivity index (χ2v) is 7.68. The number of halogens is 3. The quantitative estimate of drug-likeness (QED) is 0.384. The van der Waals surface area contributed by atoms with Gasteiger partial charge in [0.05, 0.1) is 23.3 Å². The van der Waals surface area contributed by atoms with Crippen molar-refractivity contribution in [3.8, 4) is 11.5 Å². The summed E-state index contributed by atoms with van der Waals surface area (Å²) in [7, 11) is 0. The van der Waals surface area contributed by atoms with E-state index in [1.807, 2.05) is 25.1 Å². The number of benzene rings is 2. The topological polar surface area (TPSA) is 62.8 Å². The molecule has 0 radical (unpaired) electrons. The first-order valence-corrected chi connectivity index (χ1v) is 10.6. The zero-order valence-electron chi connectivity index (χ0n) is 15.7. The van der Waals surface area contributed by atoms with Gasteiger partial charge in [-0.05, 0) is 42.3 Å². The summed E-state index contributed by atoms with van der Waals surface area (Å²) in [5, 5.41) is 16.3. The smallest absolute Gasteiger partial charge is 0.162 e. The van der Waals surface area contributed by atoms with Crippen molar-refractivity contribution in [1.29, 1.82) is 0 Å². The van der Waals surface area contributed by atoms with E-state index in [1.165, 1.54) is 0 Å². The predicted molar refractivity (Wildman–Crippen MR) is 118 cm³/mol. The van der Waals surface area contributed by atoms with Gasteiger partial charge in [-0.15, -0.1) is 0 Å². The van der Waals surface area contributed by atoms with Crippen LogP contribution in [0.4, 0.5) is 0 Å². The van der Waals surface area contributed by atoms with Crippen molar-refractivity contribution in [3.05, 3.63) is 56.0 Å². The van der Waals surface area contributed by atoms with Gasteiger partial charge in [0.2, 0.25) is 0 Å². The fourth-order valence-corrected chi connectivity index (χ4v) is 3.27. The highest BCUT2D eigenvalue weighted by atomic mass is 79.9. The molecule has 2 aromatic rings. The SMILES string of the molecule is CCOc1cc(CNCCNCCO)c(Br)cc1OCc1ccc(Cl)c(Cl)c1. The van der Waals surface area contributed by atoms with Gasteiger partial charge in [-0.3, -0.25) is 0 Å². The Kier molecular flexibility index (Phi) is 10.4. The largest absolute Gasteiger partial charge is 0.490 e. The molecular formula is C20H25BrCl2N2O3. The highest BCUT2D eigenvalue weighted by molar-refractivity contribution is 9.10. The summed E-state index contributed by atoms with van der Waals surface area (Å²) in [5.74, 6) is 1.36. The van der Waals surface area contributed by atoms with Crippen LogP contribution in [0.15, 0.2) is 34.8 Å². The number of ether oxygens (including phenoxy) is 2. The fourth-order valence-electron chi connectivity index (χ4n) is 2.49. The molecule has 0 saturated carbocycles. The normalized spacial score (nSPS) is 10.9. The molecule has 0 atom stereocenters. The van der Waals surface area contributed by atoms with Crippen molar-refractivity contribution in [1.82, 2.24) is 10.6 Å². The van der Waals surface area contributed by atoms with E-state index in [9.17, 15) is 0 Å². The van der Waals surface area contributed by atoms with E-state index in [0.717, 1.165) is 28.7 Å². The van der Waals surface area contributed by atoms with E-state index in [2.05, 4.69) is 26.6 Å². The minimum absolute atomic E-state index is 0.146. The molecule has 0 amide bonds. The van der Waals surface area contributed by atoms with Gasteiger partial charge in [0.15, 0.2) is 11.5 Å². The minimum atomic E-state index is 0.146. The lowest BCUT2D eigenvalue weighted by atomic mass is 10.2. The summed E-state index contributed by atoms with van der Waals surface area (Å²) in [5.41, 5.74) is 2.00. The van der Waals surface area contributed by atoms with Gasteiger partial charge in [-0.25, -0.2) is 0 Å². The van der Waals surface area contributed by atoms with E-state index in [-0.39, 0.29) is 6.61 Å². The molecule has 0 heterocycles. The Balaban J connectivity index is 2.01. The molecule has 2 aromatic carbocycles. The van der Waals surface area contributed by atoms with Gasteiger partial charge >= 0.3 is 0 Å². The molecule has 3 N–H and O–H groups in total. The number of rotatable bonds is 12. The molecule has 2 rings (SSSR count). The summed E-state index contributed by atoms with van der Waals surface area (Å²) >= 11 is 15.6. The summed E-state index contributed by atoms with van der Waals surface area (Å²) in [6.45, 7) is 5.87. The second kappa shape index (κ2) is 12.5. The Morgan fingerprint density at radius 1 is 0.964 bits per heavy atom. The van der Waals surface area contributed by atoms with Crippen molar-refractivity contribution in [2.24, 2.45) is 0 Å². The van der Waals surface area contributed by atoms with Crippen LogP contribution in [0.25, 0.3) is 0 Å². The van der Waals surface area contributed by atoms with Crippen LogP contribution in [0, 0.1) is 0 Å². The third-order valence-electron chi connectivity index (χ3n) is 3.87. The molecule has 8 heteroatoms. The van der Waals surface area contributed by atoms with Gasteiger partial charge in [-0.1, -0.05) is 45.2 Å². The van der Waals surface area contributed by atoms with Crippen molar-refractivity contribution in [2.45, 2.75) is 20.1 Å². The summed E-state index contributed by atoms with van der Waals surface area (Å²) in [6, 6.07) is 9.33. The van der Waals surface area contributed by atoms with Crippen molar-refractivity contribution < 1.29 is 14.6 Å². The first-order chi connectivity index (χ1) is 13.5. The van der Waals surface area contributed by atoms with Crippen LogP contribution in [-0.4, -0.2) is 38.0 Å².